The molecular weight excluding hydrogens is 188 g/mol. The van der Waals surface area contributed by atoms with Crippen LogP contribution in [0.2, 0.25) is 0 Å². The maximum Gasteiger partial charge on any atom is 0.163 e. The number of ketones is 1. The smallest absolute Gasteiger partial charge is 0.163 e. The van der Waals surface area contributed by atoms with E-state index in [0.717, 1.165) is 29.7 Å². The van der Waals surface area contributed by atoms with Crippen LogP contribution in [-0.2, 0) is 6.42 Å². The molecule has 0 aromatic heterocycles. The van der Waals surface area contributed by atoms with E-state index in [1.807, 2.05) is 18.2 Å². The summed E-state index contributed by atoms with van der Waals surface area (Å²) < 4.78 is 5.80. The fraction of sp³-hybridized carbons (Fsp3) is 0.462. The Balaban J connectivity index is 2.30. The van der Waals surface area contributed by atoms with Gasteiger partial charge in [-0.25, -0.2) is 0 Å². The molecule has 2 heteroatoms. The first-order valence-electron chi connectivity index (χ1n) is 5.54. The summed E-state index contributed by atoms with van der Waals surface area (Å²) >= 11 is 0. The lowest BCUT2D eigenvalue weighted by Gasteiger charge is -2.15. The zero-order valence-corrected chi connectivity index (χ0v) is 9.25. The Morgan fingerprint density at radius 1 is 1.40 bits per heavy atom. The van der Waals surface area contributed by atoms with Crippen molar-refractivity contribution >= 4 is 5.78 Å². The van der Waals surface area contributed by atoms with Crippen molar-refractivity contribution in [3.8, 4) is 5.75 Å². The first-order chi connectivity index (χ1) is 7.22. The first-order valence-corrected chi connectivity index (χ1v) is 5.54. The standard InChI is InChI=1S/C13H16O2/c1-3-9(2)15-13-6-4-5-10-11(13)7-8-12(10)14/h4-6,9H,3,7-8H2,1-2H3. The maximum absolute atomic E-state index is 11.5. The van der Waals surface area contributed by atoms with Crippen LogP contribution in [-0.4, -0.2) is 11.9 Å². The Hall–Kier alpha value is -1.31. The molecule has 0 saturated heterocycles. The second-order valence-corrected chi connectivity index (χ2v) is 4.04. The molecule has 80 valence electrons. The van der Waals surface area contributed by atoms with E-state index >= 15 is 0 Å². The number of benzene rings is 1. The molecule has 1 aliphatic rings. The number of hydrogen-bond acceptors (Lipinski definition) is 2. The molecular formula is C13H16O2. The van der Waals surface area contributed by atoms with Gasteiger partial charge in [0.25, 0.3) is 0 Å². The van der Waals surface area contributed by atoms with Crippen LogP contribution in [0.25, 0.3) is 0 Å². The molecule has 15 heavy (non-hydrogen) atoms. The topological polar surface area (TPSA) is 26.3 Å². The molecule has 0 spiro atoms. The highest BCUT2D eigenvalue weighted by Crippen LogP contribution is 2.31. The van der Waals surface area contributed by atoms with Crippen LogP contribution in [0, 0.1) is 0 Å². The number of Topliss-reactive ketones (excluding diaryl/α,β-unsaturated/α-hetero) is 1. The van der Waals surface area contributed by atoms with Crippen molar-refractivity contribution in [1.82, 2.24) is 0 Å². The van der Waals surface area contributed by atoms with E-state index in [9.17, 15) is 4.79 Å². The number of ether oxygens (including phenoxy) is 1. The van der Waals surface area contributed by atoms with Crippen LogP contribution in [0.5, 0.6) is 5.75 Å². The molecule has 0 radical (unpaired) electrons. The Labute approximate surface area is 90.3 Å². The molecule has 0 aliphatic heterocycles. The van der Waals surface area contributed by atoms with Gasteiger partial charge in [0.2, 0.25) is 0 Å². The lowest BCUT2D eigenvalue weighted by atomic mass is 10.1. The van der Waals surface area contributed by atoms with Crippen molar-refractivity contribution in [3.63, 3.8) is 0 Å². The monoisotopic (exact) mass is 204 g/mol. The van der Waals surface area contributed by atoms with Gasteiger partial charge in [0.1, 0.15) is 5.75 Å². The summed E-state index contributed by atoms with van der Waals surface area (Å²) in [5.41, 5.74) is 1.96. The summed E-state index contributed by atoms with van der Waals surface area (Å²) in [6.45, 7) is 4.15. The van der Waals surface area contributed by atoms with Crippen molar-refractivity contribution in [2.75, 3.05) is 0 Å². The number of fused-ring (bicyclic) bond motifs is 1. The van der Waals surface area contributed by atoms with Gasteiger partial charge in [0.15, 0.2) is 5.78 Å². The van der Waals surface area contributed by atoms with Crippen molar-refractivity contribution in [2.45, 2.75) is 39.2 Å². The highest BCUT2D eigenvalue weighted by Gasteiger charge is 2.22. The van der Waals surface area contributed by atoms with Gasteiger partial charge in [-0.15, -0.1) is 0 Å². The molecule has 1 unspecified atom stereocenters. The quantitative estimate of drug-likeness (QED) is 0.756. The predicted octanol–water partition coefficient (Wildman–Crippen LogP) is 2.99. The average Bonchev–Trinajstić information content (AvgIpc) is 2.62. The third-order valence-electron chi connectivity index (χ3n) is 2.94. The normalized spacial score (nSPS) is 16.3. The lowest BCUT2D eigenvalue weighted by Crippen LogP contribution is -2.11. The van der Waals surface area contributed by atoms with E-state index < -0.39 is 0 Å². The fourth-order valence-electron chi connectivity index (χ4n) is 1.87. The van der Waals surface area contributed by atoms with E-state index in [2.05, 4.69) is 13.8 Å². The van der Waals surface area contributed by atoms with Gasteiger partial charge in [-0.3, -0.25) is 4.79 Å². The molecule has 1 atom stereocenters. The van der Waals surface area contributed by atoms with E-state index in [0.29, 0.717) is 6.42 Å². The Morgan fingerprint density at radius 3 is 2.93 bits per heavy atom. The minimum atomic E-state index is 0.215. The van der Waals surface area contributed by atoms with Gasteiger partial charge in [-0.1, -0.05) is 19.1 Å². The number of carbonyl (C=O) groups is 1. The molecule has 0 heterocycles. The number of carbonyl (C=O) groups excluding carboxylic acids is 1. The van der Waals surface area contributed by atoms with Crippen LogP contribution >= 0.6 is 0 Å². The van der Waals surface area contributed by atoms with Crippen molar-refractivity contribution in [2.24, 2.45) is 0 Å². The van der Waals surface area contributed by atoms with Gasteiger partial charge in [-0.2, -0.15) is 0 Å². The van der Waals surface area contributed by atoms with Gasteiger partial charge < -0.3 is 4.74 Å². The second-order valence-electron chi connectivity index (χ2n) is 4.04. The van der Waals surface area contributed by atoms with Crippen LogP contribution in [0.4, 0.5) is 0 Å². The zero-order chi connectivity index (χ0) is 10.8. The van der Waals surface area contributed by atoms with Crippen molar-refractivity contribution < 1.29 is 9.53 Å². The summed E-state index contributed by atoms with van der Waals surface area (Å²) in [5, 5.41) is 0. The largest absolute Gasteiger partial charge is 0.490 e. The summed E-state index contributed by atoms with van der Waals surface area (Å²) in [4.78, 5) is 11.5. The Bertz CT molecular complexity index is 382. The number of rotatable bonds is 3. The van der Waals surface area contributed by atoms with Crippen LogP contribution in [0.1, 0.15) is 42.6 Å². The highest BCUT2D eigenvalue weighted by atomic mass is 16.5. The molecule has 2 nitrogen and oxygen atoms in total. The summed E-state index contributed by atoms with van der Waals surface area (Å²) in [5.74, 6) is 1.15. The lowest BCUT2D eigenvalue weighted by molar-refractivity contribution is 0.0994. The third-order valence-corrected chi connectivity index (χ3v) is 2.94. The van der Waals surface area contributed by atoms with Crippen LogP contribution in [0.15, 0.2) is 18.2 Å². The summed E-state index contributed by atoms with van der Waals surface area (Å²) in [6, 6.07) is 5.76. The predicted molar refractivity (Wildman–Crippen MR) is 59.5 cm³/mol. The maximum atomic E-state index is 11.5. The summed E-state index contributed by atoms with van der Waals surface area (Å²) in [7, 11) is 0. The van der Waals surface area contributed by atoms with Gasteiger partial charge in [0.05, 0.1) is 6.10 Å². The molecule has 0 saturated carbocycles. The molecule has 1 aromatic rings. The molecule has 0 N–H and O–H groups in total. The second kappa shape index (κ2) is 4.05. The third kappa shape index (κ3) is 1.89. The molecule has 2 rings (SSSR count). The van der Waals surface area contributed by atoms with Gasteiger partial charge in [0, 0.05) is 17.5 Å². The SMILES string of the molecule is CCC(C)Oc1cccc2c1CCC2=O. The van der Waals surface area contributed by atoms with E-state index in [1.165, 1.54) is 0 Å². The molecule has 1 aliphatic carbocycles. The van der Waals surface area contributed by atoms with E-state index in [-0.39, 0.29) is 11.9 Å². The molecule has 1 aromatic carbocycles. The van der Waals surface area contributed by atoms with Gasteiger partial charge >= 0.3 is 0 Å². The highest BCUT2D eigenvalue weighted by molar-refractivity contribution is 6.01. The first kappa shape index (κ1) is 10.2. The van der Waals surface area contributed by atoms with Crippen molar-refractivity contribution in [3.05, 3.63) is 29.3 Å². The molecule has 0 amide bonds. The van der Waals surface area contributed by atoms with Crippen LogP contribution < -0.4 is 4.74 Å². The minimum Gasteiger partial charge on any atom is -0.490 e. The fourth-order valence-corrected chi connectivity index (χ4v) is 1.87. The van der Waals surface area contributed by atoms with Crippen molar-refractivity contribution in [1.29, 1.82) is 0 Å². The van der Waals surface area contributed by atoms with E-state index in [4.69, 9.17) is 4.74 Å². The summed E-state index contributed by atoms with van der Waals surface area (Å²) in [6.07, 6.45) is 2.67. The Morgan fingerprint density at radius 2 is 2.20 bits per heavy atom. The Kier molecular flexibility index (Phi) is 2.76. The molecule has 0 fully saturated rings. The zero-order valence-electron chi connectivity index (χ0n) is 9.25. The minimum absolute atomic E-state index is 0.215. The van der Waals surface area contributed by atoms with Gasteiger partial charge in [-0.05, 0) is 25.8 Å². The number of hydrogen-bond donors (Lipinski definition) is 0. The average molecular weight is 204 g/mol. The van der Waals surface area contributed by atoms with E-state index in [1.54, 1.807) is 0 Å². The molecule has 0 bridgehead atoms. The van der Waals surface area contributed by atoms with Crippen LogP contribution in [0.3, 0.4) is 0 Å².